The largest absolute Gasteiger partial charge is 0.300 e. The van der Waals surface area contributed by atoms with Crippen LogP contribution in [0.25, 0.3) is 0 Å². The van der Waals surface area contributed by atoms with Crippen LogP contribution in [0.2, 0.25) is 0 Å². The van der Waals surface area contributed by atoms with Crippen molar-refractivity contribution in [1.82, 2.24) is 0 Å². The van der Waals surface area contributed by atoms with E-state index < -0.39 is 5.92 Å². The molecule has 92 valence electrons. The van der Waals surface area contributed by atoms with Crippen LogP contribution in [0, 0.1) is 11.8 Å². The van der Waals surface area contributed by atoms with Crippen LogP contribution in [0.3, 0.4) is 0 Å². The van der Waals surface area contributed by atoms with Gasteiger partial charge in [0.05, 0.1) is 5.92 Å². The summed E-state index contributed by atoms with van der Waals surface area (Å²) in [6.07, 6.45) is 2.59. The zero-order chi connectivity index (χ0) is 12.7. The Kier molecular flexibility index (Phi) is 2.62. The number of carbonyl (C=O) groups is 3. The van der Waals surface area contributed by atoms with Crippen LogP contribution >= 0.6 is 0 Å². The zero-order valence-corrected chi connectivity index (χ0v) is 10.0. The van der Waals surface area contributed by atoms with Gasteiger partial charge in [0.25, 0.3) is 0 Å². The summed E-state index contributed by atoms with van der Waals surface area (Å²) in [6, 6.07) is 6.97. The average Bonchev–Trinajstić information content (AvgIpc) is 2.63. The predicted molar refractivity (Wildman–Crippen MR) is 65.6 cm³/mol. The number of rotatable bonds is 1. The molecule has 18 heavy (non-hydrogen) atoms. The topological polar surface area (TPSA) is 51.2 Å². The van der Waals surface area contributed by atoms with Crippen LogP contribution in [0.5, 0.6) is 0 Å². The van der Waals surface area contributed by atoms with Gasteiger partial charge in [0.1, 0.15) is 5.78 Å². The Bertz CT molecular complexity index is 509. The number of fused-ring (bicyclic) bond motifs is 1. The van der Waals surface area contributed by atoms with Gasteiger partial charge < -0.3 is 0 Å². The van der Waals surface area contributed by atoms with Crippen molar-refractivity contribution in [2.45, 2.75) is 25.7 Å². The highest BCUT2D eigenvalue weighted by atomic mass is 16.2. The minimum absolute atomic E-state index is 0.0846. The Morgan fingerprint density at radius 2 is 1.56 bits per heavy atom. The van der Waals surface area contributed by atoms with E-state index in [1.165, 1.54) is 0 Å². The number of ketones is 3. The van der Waals surface area contributed by atoms with Crippen molar-refractivity contribution in [3.8, 4) is 0 Å². The van der Waals surface area contributed by atoms with Crippen molar-refractivity contribution in [1.29, 1.82) is 0 Å². The summed E-state index contributed by atoms with van der Waals surface area (Å²) in [5, 5.41) is 0. The van der Waals surface area contributed by atoms with Crippen LogP contribution in [-0.2, 0) is 4.79 Å². The smallest absolute Gasteiger partial charge is 0.174 e. The third-order valence-electron chi connectivity index (χ3n) is 4.01. The molecule has 0 bridgehead atoms. The van der Waals surface area contributed by atoms with Gasteiger partial charge in [0.2, 0.25) is 0 Å². The van der Waals surface area contributed by atoms with E-state index in [9.17, 15) is 14.4 Å². The molecule has 0 amide bonds. The van der Waals surface area contributed by atoms with Gasteiger partial charge in [-0.25, -0.2) is 0 Å². The lowest BCUT2D eigenvalue weighted by molar-refractivity contribution is -0.121. The lowest BCUT2D eigenvalue weighted by Crippen LogP contribution is -2.29. The number of benzene rings is 1. The number of carbonyl (C=O) groups excluding carboxylic acids is 3. The fourth-order valence-electron chi connectivity index (χ4n) is 3.14. The summed E-state index contributed by atoms with van der Waals surface area (Å²) in [5.74, 6) is -0.682. The molecule has 0 aliphatic heterocycles. The molecule has 1 saturated carbocycles. The van der Waals surface area contributed by atoms with Gasteiger partial charge in [0.15, 0.2) is 11.6 Å². The highest BCUT2D eigenvalue weighted by molar-refractivity contribution is 6.26. The fourth-order valence-corrected chi connectivity index (χ4v) is 3.14. The highest BCUT2D eigenvalue weighted by Gasteiger charge is 2.44. The van der Waals surface area contributed by atoms with Crippen molar-refractivity contribution in [3.63, 3.8) is 0 Å². The zero-order valence-electron chi connectivity index (χ0n) is 10.0. The third-order valence-corrected chi connectivity index (χ3v) is 4.01. The second kappa shape index (κ2) is 4.16. The van der Waals surface area contributed by atoms with Crippen molar-refractivity contribution in [2.75, 3.05) is 0 Å². The maximum atomic E-state index is 12.3. The van der Waals surface area contributed by atoms with Gasteiger partial charge in [0, 0.05) is 24.0 Å². The monoisotopic (exact) mass is 242 g/mol. The van der Waals surface area contributed by atoms with Crippen LogP contribution < -0.4 is 0 Å². The van der Waals surface area contributed by atoms with E-state index in [2.05, 4.69) is 0 Å². The molecule has 0 heterocycles. The molecule has 0 spiro atoms. The van der Waals surface area contributed by atoms with E-state index in [4.69, 9.17) is 0 Å². The molecule has 1 unspecified atom stereocenters. The first-order chi connectivity index (χ1) is 8.68. The van der Waals surface area contributed by atoms with Gasteiger partial charge in [-0.2, -0.15) is 0 Å². The molecule has 0 N–H and O–H groups in total. The first-order valence-electron chi connectivity index (χ1n) is 6.37. The molecular formula is C15H14O3. The first-order valence-corrected chi connectivity index (χ1v) is 6.37. The molecule has 1 aromatic carbocycles. The molecule has 0 saturated heterocycles. The molecule has 1 fully saturated rings. The van der Waals surface area contributed by atoms with E-state index in [-0.39, 0.29) is 23.3 Å². The average molecular weight is 242 g/mol. The van der Waals surface area contributed by atoms with E-state index in [0.29, 0.717) is 24.0 Å². The van der Waals surface area contributed by atoms with Crippen molar-refractivity contribution < 1.29 is 14.4 Å². The molecule has 1 aromatic rings. The standard InChI is InChI=1S/C15H14O3/c16-10-5-3-4-9(8-10)13-14(17)11-6-1-2-7-12(11)15(13)18/h1-2,6-7,9,13H,3-5,8H2. The SMILES string of the molecule is O=C1CCCC(C2C(=O)c3ccccc3C2=O)C1. The van der Waals surface area contributed by atoms with Gasteiger partial charge in [-0.1, -0.05) is 24.3 Å². The second-order valence-corrected chi connectivity index (χ2v) is 5.15. The lowest BCUT2D eigenvalue weighted by atomic mass is 9.77. The van der Waals surface area contributed by atoms with Crippen molar-refractivity contribution >= 4 is 17.3 Å². The highest BCUT2D eigenvalue weighted by Crippen LogP contribution is 2.37. The van der Waals surface area contributed by atoms with Crippen LogP contribution in [-0.4, -0.2) is 17.3 Å². The molecule has 2 aliphatic carbocycles. The molecule has 3 nitrogen and oxygen atoms in total. The Labute approximate surface area is 105 Å². The van der Waals surface area contributed by atoms with Gasteiger partial charge in [-0.15, -0.1) is 0 Å². The minimum Gasteiger partial charge on any atom is -0.300 e. The lowest BCUT2D eigenvalue weighted by Gasteiger charge is -2.24. The summed E-state index contributed by atoms with van der Waals surface area (Å²) in [7, 11) is 0. The quantitative estimate of drug-likeness (QED) is 0.711. The molecule has 0 radical (unpaired) electrons. The van der Waals surface area contributed by atoms with Gasteiger partial charge >= 0.3 is 0 Å². The van der Waals surface area contributed by atoms with Crippen molar-refractivity contribution in [2.24, 2.45) is 11.8 Å². The van der Waals surface area contributed by atoms with Crippen LogP contribution in [0.15, 0.2) is 24.3 Å². The fraction of sp³-hybridized carbons (Fsp3) is 0.400. The Hall–Kier alpha value is -1.77. The Morgan fingerprint density at radius 1 is 0.944 bits per heavy atom. The van der Waals surface area contributed by atoms with Crippen LogP contribution in [0.1, 0.15) is 46.4 Å². The van der Waals surface area contributed by atoms with Gasteiger partial charge in [-0.05, 0) is 18.8 Å². The molecule has 3 heteroatoms. The van der Waals surface area contributed by atoms with E-state index >= 15 is 0 Å². The van der Waals surface area contributed by atoms with E-state index in [1.54, 1.807) is 24.3 Å². The molecule has 3 rings (SSSR count). The summed E-state index contributed by atoms with van der Waals surface area (Å²) in [5.41, 5.74) is 1.07. The molecule has 2 aliphatic rings. The predicted octanol–water partition coefficient (Wildman–Crippen LogP) is 2.44. The summed E-state index contributed by atoms with van der Waals surface area (Å²) in [6.45, 7) is 0. The first kappa shape index (κ1) is 11.3. The Balaban J connectivity index is 1.94. The van der Waals surface area contributed by atoms with Gasteiger partial charge in [-0.3, -0.25) is 14.4 Å². The Morgan fingerprint density at radius 3 is 2.11 bits per heavy atom. The third kappa shape index (κ3) is 1.62. The molecule has 0 aromatic heterocycles. The maximum absolute atomic E-state index is 12.3. The summed E-state index contributed by atoms with van der Waals surface area (Å²) >= 11 is 0. The summed E-state index contributed by atoms with van der Waals surface area (Å²) < 4.78 is 0. The molecule has 1 atom stereocenters. The second-order valence-electron chi connectivity index (χ2n) is 5.15. The van der Waals surface area contributed by atoms with Crippen LogP contribution in [0.4, 0.5) is 0 Å². The number of Topliss-reactive ketones (excluding diaryl/α,β-unsaturated/α-hetero) is 3. The minimum atomic E-state index is -0.605. The van der Waals surface area contributed by atoms with E-state index in [1.807, 2.05) is 0 Å². The normalized spacial score (nSPS) is 24.4. The number of hydrogen-bond acceptors (Lipinski definition) is 3. The van der Waals surface area contributed by atoms with Crippen molar-refractivity contribution in [3.05, 3.63) is 35.4 Å². The maximum Gasteiger partial charge on any atom is 0.174 e. The molecular weight excluding hydrogens is 228 g/mol. The summed E-state index contributed by atoms with van der Waals surface area (Å²) in [4.78, 5) is 36.1. The van der Waals surface area contributed by atoms with E-state index in [0.717, 1.165) is 12.8 Å². The number of hydrogen-bond donors (Lipinski definition) is 0.